The number of aliphatic carboxylic acids is 1. The zero-order valence-corrected chi connectivity index (χ0v) is 12.2. The Balaban J connectivity index is 2.27. The Morgan fingerprint density at radius 1 is 1.50 bits per heavy atom. The van der Waals surface area contributed by atoms with Crippen LogP contribution in [-0.2, 0) is 21.4 Å². The maximum absolute atomic E-state index is 12.6. The fourth-order valence-corrected chi connectivity index (χ4v) is 4.09. The Kier molecular flexibility index (Phi) is 4.44. The Morgan fingerprint density at radius 2 is 2.25 bits per heavy atom. The van der Waals surface area contributed by atoms with Gasteiger partial charge in [-0.25, -0.2) is 13.4 Å². The van der Waals surface area contributed by atoms with Gasteiger partial charge in [-0.1, -0.05) is 6.42 Å². The average Bonchev–Trinajstić information content (AvgIpc) is 2.88. The van der Waals surface area contributed by atoms with Gasteiger partial charge in [-0.15, -0.1) is 0 Å². The summed E-state index contributed by atoms with van der Waals surface area (Å²) in [6.45, 7) is 2.90. The van der Waals surface area contributed by atoms with Crippen molar-refractivity contribution >= 4 is 16.0 Å². The number of hydrogen-bond donors (Lipinski definition) is 1. The topological polar surface area (TPSA) is 92.5 Å². The summed E-state index contributed by atoms with van der Waals surface area (Å²) in [5.41, 5.74) is 0. The molecule has 112 valence electrons. The first-order chi connectivity index (χ1) is 9.45. The van der Waals surface area contributed by atoms with Gasteiger partial charge in [-0.3, -0.25) is 4.79 Å². The molecule has 0 aliphatic carbocycles. The Morgan fingerprint density at radius 3 is 2.85 bits per heavy atom. The number of sulfonamides is 1. The van der Waals surface area contributed by atoms with Crippen LogP contribution in [0.5, 0.6) is 0 Å². The second-order valence-electron chi connectivity index (χ2n) is 4.91. The lowest BCUT2D eigenvalue weighted by Crippen LogP contribution is -2.44. The number of carboxylic acid groups (broad SMARTS) is 1. The standard InChI is InChI=1S/C12H19N3O4S/c1-2-14-8-11(13-9-14)20(18,19)15-6-4-3-5-10(15)7-12(16)17/h8-10H,2-7H2,1H3,(H,16,17). The Bertz CT molecular complexity index is 581. The molecule has 1 aromatic rings. The lowest BCUT2D eigenvalue weighted by atomic mass is 10.0. The van der Waals surface area contributed by atoms with Gasteiger partial charge in [0.15, 0.2) is 5.03 Å². The van der Waals surface area contributed by atoms with Gasteiger partial charge in [-0.05, 0) is 19.8 Å². The van der Waals surface area contributed by atoms with Gasteiger partial charge in [0, 0.05) is 25.3 Å². The minimum atomic E-state index is -3.71. The second-order valence-corrected chi connectivity index (χ2v) is 6.74. The summed E-state index contributed by atoms with van der Waals surface area (Å²) in [5.74, 6) is -0.976. The van der Waals surface area contributed by atoms with Gasteiger partial charge in [0.05, 0.1) is 12.7 Å². The number of carboxylic acids is 1. The number of piperidine rings is 1. The van der Waals surface area contributed by atoms with E-state index in [0.717, 1.165) is 12.8 Å². The maximum Gasteiger partial charge on any atom is 0.304 e. The second kappa shape index (κ2) is 5.92. The van der Waals surface area contributed by atoms with Crippen molar-refractivity contribution in [3.63, 3.8) is 0 Å². The van der Waals surface area contributed by atoms with Gasteiger partial charge in [0.2, 0.25) is 0 Å². The van der Waals surface area contributed by atoms with Crippen LogP contribution in [0.1, 0.15) is 32.6 Å². The molecule has 8 heteroatoms. The molecule has 0 spiro atoms. The normalized spacial score (nSPS) is 20.9. The SMILES string of the molecule is CCn1cnc(S(=O)(=O)N2CCCCC2CC(=O)O)c1. The highest BCUT2D eigenvalue weighted by Gasteiger charge is 2.35. The summed E-state index contributed by atoms with van der Waals surface area (Å²) in [7, 11) is -3.71. The van der Waals surface area contributed by atoms with E-state index in [0.29, 0.717) is 19.5 Å². The van der Waals surface area contributed by atoms with E-state index < -0.39 is 22.0 Å². The van der Waals surface area contributed by atoms with Crippen molar-refractivity contribution in [3.05, 3.63) is 12.5 Å². The summed E-state index contributed by atoms with van der Waals surface area (Å²) < 4.78 is 28.1. The zero-order valence-electron chi connectivity index (χ0n) is 11.4. The van der Waals surface area contributed by atoms with Gasteiger partial charge < -0.3 is 9.67 Å². The van der Waals surface area contributed by atoms with Crippen molar-refractivity contribution in [1.82, 2.24) is 13.9 Å². The minimum absolute atomic E-state index is 0.00311. The molecular formula is C12H19N3O4S. The molecule has 20 heavy (non-hydrogen) atoms. The third-order valence-electron chi connectivity index (χ3n) is 3.53. The summed E-state index contributed by atoms with van der Waals surface area (Å²) in [6.07, 6.45) is 5.00. The first-order valence-electron chi connectivity index (χ1n) is 6.70. The number of rotatable bonds is 5. The highest BCUT2D eigenvalue weighted by molar-refractivity contribution is 7.89. The van der Waals surface area contributed by atoms with Crippen LogP contribution in [0.2, 0.25) is 0 Å². The highest BCUT2D eigenvalue weighted by atomic mass is 32.2. The van der Waals surface area contributed by atoms with Crippen LogP contribution in [0.25, 0.3) is 0 Å². The molecule has 1 saturated heterocycles. The lowest BCUT2D eigenvalue weighted by molar-refractivity contribution is -0.138. The molecule has 1 fully saturated rings. The molecule has 2 rings (SSSR count). The van der Waals surface area contributed by atoms with Crippen LogP contribution in [0, 0.1) is 0 Å². The molecule has 2 heterocycles. The predicted molar refractivity (Wildman–Crippen MR) is 71.7 cm³/mol. The van der Waals surface area contributed by atoms with Crippen LogP contribution in [0.3, 0.4) is 0 Å². The lowest BCUT2D eigenvalue weighted by Gasteiger charge is -2.33. The molecule has 1 aliphatic heterocycles. The summed E-state index contributed by atoms with van der Waals surface area (Å²) >= 11 is 0. The van der Waals surface area contributed by atoms with E-state index in [9.17, 15) is 13.2 Å². The number of hydrogen-bond acceptors (Lipinski definition) is 4. The monoisotopic (exact) mass is 301 g/mol. The van der Waals surface area contributed by atoms with Crippen LogP contribution < -0.4 is 0 Å². The van der Waals surface area contributed by atoms with E-state index in [2.05, 4.69) is 4.98 Å². The van der Waals surface area contributed by atoms with Crippen molar-refractivity contribution in [1.29, 1.82) is 0 Å². The minimum Gasteiger partial charge on any atom is -0.481 e. The van der Waals surface area contributed by atoms with Crippen molar-refractivity contribution in [2.45, 2.75) is 50.2 Å². The van der Waals surface area contributed by atoms with Crippen molar-refractivity contribution in [2.75, 3.05) is 6.54 Å². The third kappa shape index (κ3) is 3.01. The first-order valence-corrected chi connectivity index (χ1v) is 8.14. The molecule has 1 unspecified atom stereocenters. The van der Waals surface area contributed by atoms with Gasteiger partial charge >= 0.3 is 5.97 Å². The van der Waals surface area contributed by atoms with E-state index in [-0.39, 0.29) is 11.4 Å². The Labute approximate surface area is 118 Å². The van der Waals surface area contributed by atoms with Crippen LogP contribution in [0.15, 0.2) is 17.6 Å². The third-order valence-corrected chi connectivity index (χ3v) is 5.37. The molecule has 0 radical (unpaired) electrons. The molecular weight excluding hydrogens is 282 g/mol. The van der Waals surface area contributed by atoms with Gasteiger partial charge in [0.25, 0.3) is 10.0 Å². The van der Waals surface area contributed by atoms with E-state index in [4.69, 9.17) is 5.11 Å². The molecule has 1 aliphatic rings. The number of carbonyl (C=O) groups is 1. The molecule has 0 bridgehead atoms. The molecule has 1 N–H and O–H groups in total. The number of imidazole rings is 1. The average molecular weight is 301 g/mol. The number of nitrogens with zero attached hydrogens (tertiary/aromatic N) is 3. The van der Waals surface area contributed by atoms with Crippen LogP contribution >= 0.6 is 0 Å². The van der Waals surface area contributed by atoms with E-state index in [1.54, 1.807) is 4.57 Å². The van der Waals surface area contributed by atoms with E-state index in [1.807, 2.05) is 6.92 Å². The summed E-state index contributed by atoms with van der Waals surface area (Å²) in [4.78, 5) is 14.8. The molecule has 0 saturated carbocycles. The quantitative estimate of drug-likeness (QED) is 0.873. The van der Waals surface area contributed by atoms with E-state index in [1.165, 1.54) is 16.8 Å². The highest BCUT2D eigenvalue weighted by Crippen LogP contribution is 2.26. The largest absolute Gasteiger partial charge is 0.481 e. The fourth-order valence-electron chi connectivity index (χ4n) is 2.46. The van der Waals surface area contributed by atoms with E-state index >= 15 is 0 Å². The van der Waals surface area contributed by atoms with Crippen LogP contribution in [0.4, 0.5) is 0 Å². The maximum atomic E-state index is 12.6. The number of aryl methyl sites for hydroxylation is 1. The van der Waals surface area contributed by atoms with Gasteiger partial charge in [-0.2, -0.15) is 4.31 Å². The number of aromatic nitrogens is 2. The van der Waals surface area contributed by atoms with Gasteiger partial charge in [0.1, 0.15) is 0 Å². The summed E-state index contributed by atoms with van der Waals surface area (Å²) in [5, 5.41) is 8.92. The Hall–Kier alpha value is -1.41. The van der Waals surface area contributed by atoms with Crippen molar-refractivity contribution in [3.8, 4) is 0 Å². The predicted octanol–water partition coefficient (Wildman–Crippen LogP) is 0.921. The molecule has 1 aromatic heterocycles. The summed E-state index contributed by atoms with van der Waals surface area (Å²) in [6, 6.07) is -0.474. The fraction of sp³-hybridized carbons (Fsp3) is 0.667. The molecule has 7 nitrogen and oxygen atoms in total. The van der Waals surface area contributed by atoms with Crippen LogP contribution in [-0.4, -0.2) is 45.9 Å². The van der Waals surface area contributed by atoms with Crippen molar-refractivity contribution < 1.29 is 18.3 Å². The first kappa shape index (κ1) is 15.0. The smallest absolute Gasteiger partial charge is 0.304 e. The molecule has 1 atom stereocenters. The van der Waals surface area contributed by atoms with Crippen molar-refractivity contribution in [2.24, 2.45) is 0 Å². The molecule has 0 aromatic carbocycles. The zero-order chi connectivity index (χ0) is 14.8. The molecule has 0 amide bonds.